The molecule has 0 radical (unpaired) electrons. The molecule has 4 aliphatic rings. The fourth-order valence-electron chi connectivity index (χ4n) is 8.54. The molecule has 2 fully saturated rings. The Labute approximate surface area is 400 Å². The summed E-state index contributed by atoms with van der Waals surface area (Å²) in [5.41, 5.74) is 3.63. The highest BCUT2D eigenvalue weighted by molar-refractivity contribution is 6.06. The number of aliphatic hydroxyl groups excluding tert-OH is 1. The lowest BCUT2D eigenvalue weighted by Gasteiger charge is -2.31. The Bertz CT molecular complexity index is 2560. The van der Waals surface area contributed by atoms with Gasteiger partial charge < -0.3 is 54.5 Å². The molecule has 7 rings (SSSR count). The van der Waals surface area contributed by atoms with Gasteiger partial charge in [0.15, 0.2) is 29.2 Å². The van der Waals surface area contributed by atoms with Gasteiger partial charge in [-0.3, -0.25) is 29.0 Å². The number of hydrogen-bond acceptors (Lipinski definition) is 13. The monoisotopic (exact) mass is 949 g/mol. The normalized spacial score (nSPS) is 19.1. The molecule has 0 bridgehead atoms. The van der Waals surface area contributed by atoms with Crippen LogP contribution < -0.4 is 39.8 Å². The van der Waals surface area contributed by atoms with Gasteiger partial charge in [-0.2, -0.15) is 0 Å². The van der Waals surface area contributed by atoms with E-state index in [0.29, 0.717) is 59.0 Å². The van der Waals surface area contributed by atoms with Crippen LogP contribution in [0.1, 0.15) is 79.7 Å². The number of carbonyl (C=O) groups is 6. The maximum Gasteiger partial charge on any atom is 0.416 e. The van der Waals surface area contributed by atoms with Gasteiger partial charge in [-0.15, -0.1) is 0 Å². The van der Waals surface area contributed by atoms with Crippen molar-refractivity contribution < 1.29 is 57.6 Å². The van der Waals surface area contributed by atoms with Gasteiger partial charge in [0.05, 0.1) is 62.0 Å². The highest BCUT2D eigenvalue weighted by Gasteiger charge is 2.46. The number of benzene rings is 3. The van der Waals surface area contributed by atoms with Gasteiger partial charge in [-0.25, -0.2) is 9.69 Å². The molecule has 2 saturated heterocycles. The molecule has 4 N–H and O–H groups in total. The SMILES string of the molecule is C=C1CC2C=Nc3cc(OCCCOc4cc5c(cc4OC)C(=O)N4CC(=C)CC4C(O)N5C(=O)OCc4ccc(NC(=O)C(C)NC(=O)[C@@H](NC(=O)CC)C(C)C)cc4)c(OC)cc3C(=O)N2C1. The van der Waals surface area contributed by atoms with Crippen LogP contribution in [-0.4, -0.2) is 128 Å². The summed E-state index contributed by atoms with van der Waals surface area (Å²) in [6.07, 6.45) is 0.777. The van der Waals surface area contributed by atoms with E-state index in [4.69, 9.17) is 23.7 Å². The maximum absolute atomic E-state index is 14.1. The molecule has 0 spiro atoms. The van der Waals surface area contributed by atoms with Crippen LogP contribution in [0.3, 0.4) is 0 Å². The van der Waals surface area contributed by atoms with Gasteiger partial charge in [0.2, 0.25) is 17.7 Å². The summed E-state index contributed by atoms with van der Waals surface area (Å²) >= 11 is 0. The van der Waals surface area contributed by atoms with Gasteiger partial charge in [-0.05, 0) is 55.5 Å². The number of rotatable bonds is 17. The summed E-state index contributed by atoms with van der Waals surface area (Å²) in [7, 11) is 2.91. The summed E-state index contributed by atoms with van der Waals surface area (Å²) in [6, 6.07) is 10.0. The molecular weight excluding hydrogens is 891 g/mol. The predicted octanol–water partition coefficient (Wildman–Crippen LogP) is 5.28. The van der Waals surface area contributed by atoms with Crippen LogP contribution in [0.4, 0.5) is 21.9 Å². The first-order chi connectivity index (χ1) is 33.0. The molecule has 366 valence electrons. The minimum Gasteiger partial charge on any atom is -0.493 e. The molecule has 4 aliphatic heterocycles. The van der Waals surface area contributed by atoms with Crippen LogP contribution in [0, 0.1) is 5.92 Å². The Morgan fingerprint density at radius 1 is 0.812 bits per heavy atom. The summed E-state index contributed by atoms with van der Waals surface area (Å²) in [6.45, 7) is 15.6. The zero-order valence-electron chi connectivity index (χ0n) is 39.7. The van der Waals surface area contributed by atoms with Crippen molar-refractivity contribution in [1.82, 2.24) is 20.4 Å². The molecule has 19 nitrogen and oxygen atoms in total. The Balaban J connectivity index is 1.01. The van der Waals surface area contributed by atoms with Crippen molar-refractivity contribution in [2.24, 2.45) is 10.9 Å². The second-order valence-corrected chi connectivity index (χ2v) is 17.7. The predicted molar refractivity (Wildman–Crippen MR) is 255 cm³/mol. The molecule has 3 aromatic carbocycles. The largest absolute Gasteiger partial charge is 0.493 e. The number of aliphatic imine (C=N–C) groups is 1. The number of amides is 6. The van der Waals surface area contributed by atoms with Crippen LogP contribution in [0.25, 0.3) is 0 Å². The first-order valence-electron chi connectivity index (χ1n) is 22.8. The van der Waals surface area contributed by atoms with Gasteiger partial charge in [0.25, 0.3) is 11.8 Å². The Kier molecular flexibility index (Phi) is 15.3. The van der Waals surface area contributed by atoms with Crippen molar-refractivity contribution in [3.05, 3.63) is 89.5 Å². The molecule has 0 aromatic heterocycles. The summed E-state index contributed by atoms with van der Waals surface area (Å²) in [5, 5.41) is 19.9. The van der Waals surface area contributed by atoms with E-state index < -0.39 is 48.2 Å². The second-order valence-electron chi connectivity index (χ2n) is 17.7. The quantitative estimate of drug-likeness (QED) is 0.100. The molecular formula is C50H59N7O12. The van der Waals surface area contributed by atoms with Gasteiger partial charge in [-0.1, -0.05) is 57.2 Å². The number of nitrogens with zero attached hydrogens (tertiary/aromatic N) is 4. The number of anilines is 2. The zero-order valence-corrected chi connectivity index (χ0v) is 39.7. The van der Waals surface area contributed by atoms with Crippen molar-refractivity contribution in [1.29, 1.82) is 0 Å². The highest BCUT2D eigenvalue weighted by Crippen LogP contribution is 2.43. The number of methoxy groups -OCH3 is 2. The molecule has 5 atom stereocenters. The van der Waals surface area contributed by atoms with Crippen LogP contribution in [0.2, 0.25) is 0 Å². The van der Waals surface area contributed by atoms with Crippen LogP contribution in [0.5, 0.6) is 23.0 Å². The van der Waals surface area contributed by atoms with Crippen molar-refractivity contribution in [3.8, 4) is 23.0 Å². The lowest BCUT2D eigenvalue weighted by Crippen LogP contribution is -2.53. The van der Waals surface area contributed by atoms with Gasteiger partial charge in [0, 0.05) is 50.0 Å². The number of aliphatic hydroxyl groups is 1. The Hall–Kier alpha value is -7.41. The molecule has 6 amide bonds. The smallest absolute Gasteiger partial charge is 0.416 e. The molecule has 69 heavy (non-hydrogen) atoms. The van der Waals surface area contributed by atoms with Gasteiger partial charge >= 0.3 is 6.09 Å². The lowest BCUT2D eigenvalue weighted by molar-refractivity contribution is -0.131. The minimum absolute atomic E-state index is 0.0471. The lowest BCUT2D eigenvalue weighted by atomic mass is 10.0. The summed E-state index contributed by atoms with van der Waals surface area (Å²) in [4.78, 5) is 88.3. The summed E-state index contributed by atoms with van der Waals surface area (Å²) < 4.78 is 29.3. The number of fused-ring (bicyclic) bond motifs is 4. The first kappa shape index (κ1) is 49.5. The van der Waals surface area contributed by atoms with E-state index in [1.165, 1.54) is 38.2 Å². The van der Waals surface area contributed by atoms with Crippen molar-refractivity contribution in [2.75, 3.05) is 50.7 Å². The topological polar surface area (TPSA) is 227 Å². The first-order valence-corrected chi connectivity index (χ1v) is 22.8. The molecule has 4 unspecified atom stereocenters. The van der Waals surface area contributed by atoms with E-state index in [1.807, 2.05) is 0 Å². The minimum atomic E-state index is -1.53. The van der Waals surface area contributed by atoms with Crippen LogP contribution >= 0.6 is 0 Å². The van der Waals surface area contributed by atoms with E-state index in [-0.39, 0.29) is 85.7 Å². The van der Waals surface area contributed by atoms with E-state index in [2.05, 4.69) is 34.1 Å². The standard InChI is InChI=1S/C50H59N7O12/c1-9-43(58)54-44(27(2)3)46(60)52-30(6)45(59)53-32-13-11-31(12-14-32)26-69-50(64)57-37-22-42(40(66-8)20-35(37)48(62)56-25-29(5)18-38(56)49(57)63)68-16-10-15-67-41-21-36-34(19-39(41)65-7)47(61)55-24-28(4)17-33(55)23-51-36/h11-14,19-23,27,30,33,38,44,49,63H,4-5,9-10,15-18,24-26H2,1-3,6-8H3,(H,52,60)(H,53,59)(H,54,58)/t30?,33?,38?,44-,49?/m0/s1. The Morgan fingerprint density at radius 2 is 1.43 bits per heavy atom. The van der Waals surface area contributed by atoms with E-state index >= 15 is 0 Å². The maximum atomic E-state index is 14.1. The number of carbonyl (C=O) groups excluding carboxylic acids is 6. The zero-order chi connectivity index (χ0) is 49.7. The van der Waals surface area contributed by atoms with Crippen molar-refractivity contribution in [2.45, 2.75) is 90.4 Å². The number of hydrogen-bond donors (Lipinski definition) is 4. The average Bonchev–Trinajstić information content (AvgIpc) is 3.87. The highest BCUT2D eigenvalue weighted by atomic mass is 16.6. The third kappa shape index (κ3) is 10.8. The van der Waals surface area contributed by atoms with E-state index in [1.54, 1.807) is 68.3 Å². The fourth-order valence-corrected chi connectivity index (χ4v) is 8.54. The van der Waals surface area contributed by atoms with Crippen molar-refractivity contribution >= 4 is 58.9 Å². The number of nitrogens with one attached hydrogen (secondary N) is 3. The van der Waals surface area contributed by atoms with Gasteiger partial charge in [0.1, 0.15) is 18.7 Å². The van der Waals surface area contributed by atoms with E-state index in [9.17, 15) is 33.9 Å². The third-order valence-electron chi connectivity index (χ3n) is 12.3. The van der Waals surface area contributed by atoms with Crippen LogP contribution in [-0.2, 0) is 25.7 Å². The molecule has 4 heterocycles. The summed E-state index contributed by atoms with van der Waals surface area (Å²) in [5.74, 6) is -0.885. The average molecular weight is 950 g/mol. The molecule has 19 heteroatoms. The second kappa shape index (κ2) is 21.3. The molecule has 0 saturated carbocycles. The van der Waals surface area contributed by atoms with Crippen molar-refractivity contribution in [3.63, 3.8) is 0 Å². The van der Waals surface area contributed by atoms with Crippen LogP contribution in [0.15, 0.2) is 77.8 Å². The molecule has 0 aliphatic carbocycles. The molecule has 3 aromatic rings. The fraction of sp³-hybridized carbons (Fsp3) is 0.420. The number of ether oxygens (including phenoxy) is 5. The van der Waals surface area contributed by atoms with E-state index in [0.717, 1.165) is 10.5 Å². The Morgan fingerprint density at radius 3 is 2.09 bits per heavy atom. The third-order valence-corrected chi connectivity index (χ3v) is 12.3.